The Morgan fingerprint density at radius 3 is 2.50 bits per heavy atom. The Bertz CT molecular complexity index is 345. The van der Waals surface area contributed by atoms with Gasteiger partial charge < -0.3 is 9.94 Å². The molecular formula is C12H17NO3. The summed E-state index contributed by atoms with van der Waals surface area (Å²) in [6, 6.07) is 0. The summed E-state index contributed by atoms with van der Waals surface area (Å²) in [5.41, 5.74) is 0.676. The number of nitrogens with zero attached hydrogens (tertiary/aromatic N) is 1. The zero-order chi connectivity index (χ0) is 11.3. The number of hydrogen-bond acceptors (Lipinski definition) is 4. The van der Waals surface area contributed by atoms with Crippen LogP contribution in [0.25, 0.3) is 0 Å². The average Bonchev–Trinajstić information content (AvgIpc) is 2.27. The Labute approximate surface area is 94.7 Å². The summed E-state index contributed by atoms with van der Waals surface area (Å²) in [7, 11) is 1.47. The van der Waals surface area contributed by atoms with Crippen LogP contribution in [0, 0.1) is 23.2 Å². The molecule has 0 aromatic rings. The molecule has 0 spiro atoms. The molecule has 4 fully saturated rings. The SMILES string of the molecule is COC(=O)C12CC3C[C@@H](C1)C(=NO)[C@@H](C3)C2. The van der Waals surface area contributed by atoms with E-state index in [0.29, 0.717) is 17.8 Å². The van der Waals surface area contributed by atoms with E-state index >= 15 is 0 Å². The van der Waals surface area contributed by atoms with Crippen molar-refractivity contribution in [2.24, 2.45) is 28.3 Å². The highest BCUT2D eigenvalue weighted by atomic mass is 16.5. The van der Waals surface area contributed by atoms with Gasteiger partial charge in [0.2, 0.25) is 0 Å². The number of carbonyl (C=O) groups excluding carboxylic acids is 1. The molecular weight excluding hydrogens is 206 g/mol. The van der Waals surface area contributed by atoms with Gasteiger partial charge in [0.05, 0.1) is 18.2 Å². The number of carbonyl (C=O) groups is 1. The Hall–Kier alpha value is -1.06. The smallest absolute Gasteiger partial charge is 0.311 e. The zero-order valence-electron chi connectivity index (χ0n) is 9.48. The summed E-state index contributed by atoms with van der Waals surface area (Å²) in [5, 5.41) is 12.5. The second-order valence-electron chi connectivity index (χ2n) is 5.64. The standard InChI is InChI=1S/C12H17NO3/c1-16-11(14)12-4-7-2-8(5-12)10(13-15)9(3-7)6-12/h7-9,15H,2-6H2,1H3/t7?,8-,9-,12?/m0/s1. The molecule has 4 aliphatic carbocycles. The highest BCUT2D eigenvalue weighted by Crippen LogP contribution is 2.59. The molecule has 88 valence electrons. The lowest BCUT2D eigenvalue weighted by Crippen LogP contribution is -2.54. The number of esters is 1. The first kappa shape index (κ1) is 10.1. The molecule has 16 heavy (non-hydrogen) atoms. The van der Waals surface area contributed by atoms with Gasteiger partial charge in [0.1, 0.15) is 0 Å². The summed E-state index contributed by atoms with van der Waals surface area (Å²) in [4.78, 5) is 11.9. The van der Waals surface area contributed by atoms with E-state index in [2.05, 4.69) is 5.16 Å². The summed E-state index contributed by atoms with van der Waals surface area (Å²) in [6.45, 7) is 0. The second-order valence-corrected chi connectivity index (χ2v) is 5.64. The molecule has 1 N–H and O–H groups in total. The van der Waals surface area contributed by atoms with Crippen LogP contribution in [-0.2, 0) is 9.53 Å². The fourth-order valence-electron chi connectivity index (χ4n) is 4.39. The van der Waals surface area contributed by atoms with Crippen molar-refractivity contribution in [2.75, 3.05) is 7.11 Å². The summed E-state index contributed by atoms with van der Waals surface area (Å²) in [5.74, 6) is 1.21. The molecule has 4 aliphatic rings. The molecule has 0 saturated heterocycles. The maximum absolute atomic E-state index is 11.9. The van der Waals surface area contributed by atoms with Crippen LogP contribution in [0.4, 0.5) is 0 Å². The summed E-state index contributed by atoms with van der Waals surface area (Å²) < 4.78 is 4.96. The van der Waals surface area contributed by atoms with Crippen molar-refractivity contribution in [3.63, 3.8) is 0 Å². The maximum Gasteiger partial charge on any atom is 0.311 e. The molecule has 0 aromatic carbocycles. The largest absolute Gasteiger partial charge is 0.469 e. The molecule has 4 saturated carbocycles. The quantitative estimate of drug-likeness (QED) is 0.419. The molecule has 4 nitrogen and oxygen atoms in total. The van der Waals surface area contributed by atoms with Gasteiger partial charge in [-0.05, 0) is 38.0 Å². The molecule has 0 heterocycles. The lowest BCUT2D eigenvalue weighted by atomic mass is 9.49. The number of rotatable bonds is 1. The highest BCUT2D eigenvalue weighted by molar-refractivity contribution is 5.93. The minimum atomic E-state index is -0.264. The predicted molar refractivity (Wildman–Crippen MR) is 57.2 cm³/mol. The van der Waals surface area contributed by atoms with E-state index in [-0.39, 0.29) is 11.4 Å². The molecule has 2 atom stereocenters. The van der Waals surface area contributed by atoms with Gasteiger partial charge in [-0.2, -0.15) is 0 Å². The van der Waals surface area contributed by atoms with Crippen LogP contribution < -0.4 is 0 Å². The molecule has 0 amide bonds. The van der Waals surface area contributed by atoms with Crippen molar-refractivity contribution in [2.45, 2.75) is 32.1 Å². The van der Waals surface area contributed by atoms with Crippen LogP contribution in [0.2, 0.25) is 0 Å². The van der Waals surface area contributed by atoms with E-state index in [9.17, 15) is 4.79 Å². The van der Waals surface area contributed by atoms with Gasteiger partial charge in [0, 0.05) is 11.8 Å². The van der Waals surface area contributed by atoms with E-state index in [1.54, 1.807) is 0 Å². The number of methoxy groups -OCH3 is 1. The molecule has 4 rings (SSSR count). The number of oxime groups is 1. The van der Waals surface area contributed by atoms with E-state index < -0.39 is 0 Å². The van der Waals surface area contributed by atoms with Crippen molar-refractivity contribution in [1.29, 1.82) is 0 Å². The van der Waals surface area contributed by atoms with Gasteiger partial charge in [-0.25, -0.2) is 0 Å². The van der Waals surface area contributed by atoms with Crippen molar-refractivity contribution in [3.05, 3.63) is 0 Å². The first-order valence-corrected chi connectivity index (χ1v) is 5.99. The molecule has 4 heteroatoms. The van der Waals surface area contributed by atoms with Crippen molar-refractivity contribution < 1.29 is 14.7 Å². The molecule has 4 bridgehead atoms. The second kappa shape index (κ2) is 3.22. The Balaban J connectivity index is 1.95. The molecule has 0 unspecified atom stereocenters. The Morgan fingerprint density at radius 2 is 2.00 bits per heavy atom. The van der Waals surface area contributed by atoms with Gasteiger partial charge in [0.15, 0.2) is 0 Å². The van der Waals surface area contributed by atoms with Crippen LogP contribution in [0.15, 0.2) is 5.16 Å². The topological polar surface area (TPSA) is 58.9 Å². The zero-order valence-corrected chi connectivity index (χ0v) is 9.48. The van der Waals surface area contributed by atoms with Crippen LogP contribution in [0.5, 0.6) is 0 Å². The van der Waals surface area contributed by atoms with Crippen LogP contribution in [-0.4, -0.2) is 24.0 Å². The fourth-order valence-corrected chi connectivity index (χ4v) is 4.39. The third-order valence-electron chi connectivity index (χ3n) is 4.76. The van der Waals surface area contributed by atoms with Crippen LogP contribution >= 0.6 is 0 Å². The summed E-state index contributed by atoms with van der Waals surface area (Å²) >= 11 is 0. The normalized spacial score (nSPS) is 44.6. The minimum Gasteiger partial charge on any atom is -0.469 e. The van der Waals surface area contributed by atoms with Gasteiger partial charge >= 0.3 is 5.97 Å². The van der Waals surface area contributed by atoms with E-state index in [0.717, 1.165) is 37.8 Å². The van der Waals surface area contributed by atoms with Gasteiger partial charge in [-0.1, -0.05) is 5.16 Å². The van der Waals surface area contributed by atoms with E-state index in [1.807, 2.05) is 0 Å². The van der Waals surface area contributed by atoms with Crippen molar-refractivity contribution in [3.8, 4) is 0 Å². The Kier molecular flexibility index (Phi) is 2.03. The number of ether oxygens (including phenoxy) is 1. The highest BCUT2D eigenvalue weighted by Gasteiger charge is 2.58. The molecule has 0 radical (unpaired) electrons. The first-order valence-electron chi connectivity index (χ1n) is 5.99. The van der Waals surface area contributed by atoms with Crippen molar-refractivity contribution >= 4 is 11.7 Å². The molecule has 0 aromatic heterocycles. The lowest BCUT2D eigenvalue weighted by Gasteiger charge is -2.54. The average molecular weight is 223 g/mol. The van der Waals surface area contributed by atoms with Crippen LogP contribution in [0.1, 0.15) is 32.1 Å². The predicted octanol–water partition coefficient (Wildman–Crippen LogP) is 1.82. The fraction of sp³-hybridized carbons (Fsp3) is 0.833. The van der Waals surface area contributed by atoms with Crippen molar-refractivity contribution in [1.82, 2.24) is 0 Å². The Morgan fingerprint density at radius 1 is 1.38 bits per heavy atom. The van der Waals surface area contributed by atoms with Crippen LogP contribution in [0.3, 0.4) is 0 Å². The van der Waals surface area contributed by atoms with Gasteiger partial charge in [0.25, 0.3) is 0 Å². The monoisotopic (exact) mass is 223 g/mol. The van der Waals surface area contributed by atoms with E-state index in [4.69, 9.17) is 9.94 Å². The number of hydrogen-bond donors (Lipinski definition) is 1. The van der Waals surface area contributed by atoms with E-state index in [1.165, 1.54) is 7.11 Å². The lowest BCUT2D eigenvalue weighted by molar-refractivity contribution is -0.162. The third kappa shape index (κ3) is 1.16. The maximum atomic E-state index is 11.9. The first-order chi connectivity index (χ1) is 7.68. The minimum absolute atomic E-state index is 0.0520. The third-order valence-corrected chi connectivity index (χ3v) is 4.76. The van der Waals surface area contributed by atoms with Gasteiger partial charge in [-0.15, -0.1) is 0 Å². The molecule has 0 aliphatic heterocycles. The summed E-state index contributed by atoms with van der Waals surface area (Å²) in [6.07, 6.45) is 4.81. The van der Waals surface area contributed by atoms with Gasteiger partial charge in [-0.3, -0.25) is 4.79 Å².